The molecule has 0 aromatic heterocycles. The van der Waals surface area contributed by atoms with Gasteiger partial charge in [0.1, 0.15) is 0 Å². The van der Waals surface area contributed by atoms with Crippen molar-refractivity contribution < 1.29 is 4.21 Å². The van der Waals surface area contributed by atoms with Crippen LogP contribution < -0.4 is 5.32 Å². The van der Waals surface area contributed by atoms with Crippen LogP contribution in [-0.2, 0) is 10.8 Å². The van der Waals surface area contributed by atoms with Gasteiger partial charge in [-0.05, 0) is 12.8 Å². The van der Waals surface area contributed by atoms with Gasteiger partial charge in [0.05, 0.1) is 0 Å². The summed E-state index contributed by atoms with van der Waals surface area (Å²) in [5.74, 6) is 1.41. The fourth-order valence-corrected chi connectivity index (χ4v) is 1.07. The monoisotopic (exact) mass is 177 g/mol. The summed E-state index contributed by atoms with van der Waals surface area (Å²) in [6.45, 7) is 7.38. The van der Waals surface area contributed by atoms with Crippen LogP contribution in [0.2, 0.25) is 0 Å². The van der Waals surface area contributed by atoms with E-state index in [0.717, 1.165) is 12.3 Å². The highest BCUT2D eigenvalue weighted by atomic mass is 32.2. The van der Waals surface area contributed by atoms with E-state index in [1.807, 2.05) is 0 Å². The lowest BCUT2D eigenvalue weighted by atomic mass is 10.1. The molecule has 0 bridgehead atoms. The average molecular weight is 177 g/mol. The predicted octanol–water partition coefficient (Wildman–Crippen LogP) is 0.999. The van der Waals surface area contributed by atoms with Crippen molar-refractivity contribution in [2.45, 2.75) is 26.8 Å². The first-order valence-electron chi connectivity index (χ1n) is 4.07. The Morgan fingerprint density at radius 2 is 1.91 bits per heavy atom. The molecule has 0 aliphatic carbocycles. The number of rotatable bonds is 5. The maximum Gasteiger partial charge on any atom is 0.0357 e. The first-order valence-corrected chi connectivity index (χ1v) is 5.80. The van der Waals surface area contributed by atoms with E-state index in [0.29, 0.717) is 12.0 Å². The molecule has 0 fully saturated rings. The molecule has 0 aliphatic heterocycles. The Morgan fingerprint density at radius 3 is 2.27 bits per heavy atom. The summed E-state index contributed by atoms with van der Waals surface area (Å²) in [6, 6.07) is 0.526. The number of hydrogen-bond donors (Lipinski definition) is 1. The van der Waals surface area contributed by atoms with Crippen molar-refractivity contribution in [1.29, 1.82) is 0 Å². The molecule has 0 aromatic rings. The largest absolute Gasteiger partial charge is 0.313 e. The topological polar surface area (TPSA) is 29.1 Å². The Balaban J connectivity index is 3.31. The first kappa shape index (κ1) is 11.1. The van der Waals surface area contributed by atoms with Gasteiger partial charge in [-0.2, -0.15) is 0 Å². The molecule has 0 radical (unpaired) electrons. The lowest BCUT2D eigenvalue weighted by molar-refractivity contribution is 0.438. The fraction of sp³-hybridized carbons (Fsp3) is 1.00. The molecule has 0 saturated heterocycles. The molecule has 0 saturated carbocycles. The molecular formula is C8H19NOS. The fourth-order valence-electron chi connectivity index (χ4n) is 0.666. The van der Waals surface area contributed by atoms with E-state index in [1.54, 1.807) is 6.26 Å². The zero-order valence-electron chi connectivity index (χ0n) is 7.89. The highest BCUT2D eigenvalue weighted by Crippen LogP contribution is 1.98. The highest BCUT2D eigenvalue weighted by Gasteiger charge is 2.04. The summed E-state index contributed by atoms with van der Waals surface area (Å²) in [5.41, 5.74) is 0. The normalized spacial score (nSPS) is 16.8. The Bertz CT molecular complexity index is 125. The number of nitrogens with one attached hydrogen (secondary N) is 1. The minimum atomic E-state index is -0.658. The van der Waals surface area contributed by atoms with Gasteiger partial charge in [-0.3, -0.25) is 4.21 Å². The molecule has 3 heteroatoms. The van der Waals surface area contributed by atoms with Crippen LogP contribution in [0.1, 0.15) is 20.8 Å². The van der Waals surface area contributed by atoms with Crippen LogP contribution in [0.25, 0.3) is 0 Å². The molecule has 0 aromatic carbocycles. The van der Waals surface area contributed by atoms with Gasteiger partial charge < -0.3 is 5.32 Å². The molecule has 0 aliphatic rings. The molecule has 0 amide bonds. The summed E-state index contributed by atoms with van der Waals surface area (Å²) in [7, 11) is -0.658. The molecule has 11 heavy (non-hydrogen) atoms. The van der Waals surface area contributed by atoms with Crippen LogP contribution in [0.3, 0.4) is 0 Å². The summed E-state index contributed by atoms with van der Waals surface area (Å²) in [5, 5.41) is 3.32. The molecule has 2 nitrogen and oxygen atoms in total. The average Bonchev–Trinajstić information content (AvgIpc) is 1.86. The lowest BCUT2D eigenvalue weighted by Crippen LogP contribution is -2.33. The van der Waals surface area contributed by atoms with Crippen molar-refractivity contribution >= 4 is 10.8 Å². The minimum Gasteiger partial charge on any atom is -0.313 e. The van der Waals surface area contributed by atoms with Crippen molar-refractivity contribution in [3.63, 3.8) is 0 Å². The summed E-state index contributed by atoms with van der Waals surface area (Å²) >= 11 is 0. The van der Waals surface area contributed by atoms with Crippen LogP contribution in [0.5, 0.6) is 0 Å². The van der Waals surface area contributed by atoms with Crippen molar-refractivity contribution in [3.8, 4) is 0 Å². The van der Waals surface area contributed by atoms with Gasteiger partial charge in [-0.25, -0.2) is 0 Å². The molecule has 0 spiro atoms. The second kappa shape index (κ2) is 5.72. The Kier molecular flexibility index (Phi) is 5.78. The zero-order valence-corrected chi connectivity index (χ0v) is 8.70. The summed E-state index contributed by atoms with van der Waals surface area (Å²) in [4.78, 5) is 0. The van der Waals surface area contributed by atoms with Gasteiger partial charge in [-0.15, -0.1) is 0 Å². The molecule has 1 N–H and O–H groups in total. The van der Waals surface area contributed by atoms with Gasteiger partial charge in [0.15, 0.2) is 0 Å². The van der Waals surface area contributed by atoms with Gasteiger partial charge in [-0.1, -0.05) is 13.8 Å². The van der Waals surface area contributed by atoms with Gasteiger partial charge in [0.25, 0.3) is 0 Å². The maximum absolute atomic E-state index is 10.7. The summed E-state index contributed by atoms with van der Waals surface area (Å²) < 4.78 is 10.7. The predicted molar refractivity (Wildman–Crippen MR) is 51.2 cm³/mol. The molecule has 0 heterocycles. The van der Waals surface area contributed by atoms with E-state index in [2.05, 4.69) is 26.1 Å². The first-order chi connectivity index (χ1) is 5.04. The van der Waals surface area contributed by atoms with E-state index < -0.39 is 10.8 Å². The van der Waals surface area contributed by atoms with Crippen molar-refractivity contribution in [1.82, 2.24) is 5.32 Å². The Hall–Kier alpha value is 0.110. The lowest BCUT2D eigenvalue weighted by Gasteiger charge is -2.16. The van der Waals surface area contributed by atoms with E-state index in [-0.39, 0.29) is 0 Å². The zero-order chi connectivity index (χ0) is 8.85. The Labute approximate surface area is 72.2 Å². The quantitative estimate of drug-likeness (QED) is 0.679. The maximum atomic E-state index is 10.7. The van der Waals surface area contributed by atoms with Crippen LogP contribution in [-0.4, -0.2) is 28.8 Å². The van der Waals surface area contributed by atoms with E-state index in [1.165, 1.54) is 0 Å². The second-order valence-electron chi connectivity index (χ2n) is 3.26. The minimum absolute atomic E-state index is 0.526. The van der Waals surface area contributed by atoms with Gasteiger partial charge >= 0.3 is 0 Å². The third kappa shape index (κ3) is 6.51. The molecule has 0 rings (SSSR count). The van der Waals surface area contributed by atoms with Crippen LogP contribution in [0.15, 0.2) is 0 Å². The summed E-state index contributed by atoms with van der Waals surface area (Å²) in [6.07, 6.45) is 1.74. The van der Waals surface area contributed by atoms with E-state index >= 15 is 0 Å². The third-order valence-corrected chi connectivity index (χ3v) is 2.63. The van der Waals surface area contributed by atoms with Crippen LogP contribution in [0.4, 0.5) is 0 Å². The smallest absolute Gasteiger partial charge is 0.0357 e. The van der Waals surface area contributed by atoms with E-state index in [4.69, 9.17) is 0 Å². The SMILES string of the molecule is CC(C)C(C)NCCS(C)=O. The molecule has 2 atom stereocenters. The van der Waals surface area contributed by atoms with Crippen molar-refractivity contribution in [3.05, 3.63) is 0 Å². The third-order valence-electron chi connectivity index (χ3n) is 1.86. The highest BCUT2D eigenvalue weighted by molar-refractivity contribution is 7.84. The van der Waals surface area contributed by atoms with Crippen molar-refractivity contribution in [2.75, 3.05) is 18.6 Å². The van der Waals surface area contributed by atoms with Crippen LogP contribution >= 0.6 is 0 Å². The molecule has 2 unspecified atom stereocenters. The van der Waals surface area contributed by atoms with Gasteiger partial charge in [0.2, 0.25) is 0 Å². The van der Waals surface area contributed by atoms with Crippen molar-refractivity contribution in [2.24, 2.45) is 5.92 Å². The second-order valence-corrected chi connectivity index (χ2v) is 4.82. The standard InChI is InChI=1S/C8H19NOS/c1-7(2)8(3)9-5-6-11(4)10/h7-9H,5-6H2,1-4H3. The molecule has 68 valence electrons. The Morgan fingerprint density at radius 1 is 1.36 bits per heavy atom. The van der Waals surface area contributed by atoms with Crippen LogP contribution in [0, 0.1) is 5.92 Å². The number of hydrogen-bond acceptors (Lipinski definition) is 2. The molecular weight excluding hydrogens is 158 g/mol. The van der Waals surface area contributed by atoms with Gasteiger partial charge in [0, 0.05) is 35.4 Å². The van der Waals surface area contributed by atoms with E-state index in [9.17, 15) is 4.21 Å².